The number of halogens is 1. The number of rotatable bonds is 3. The highest BCUT2D eigenvalue weighted by atomic mass is 35.5. The first-order chi connectivity index (χ1) is 8.87. The van der Waals surface area contributed by atoms with Crippen LogP contribution in [0, 0.1) is 0 Å². The lowest BCUT2D eigenvalue weighted by atomic mass is 10.1. The van der Waals surface area contributed by atoms with Crippen molar-refractivity contribution in [3.63, 3.8) is 0 Å². The molecule has 8 heteroatoms. The van der Waals surface area contributed by atoms with Crippen LogP contribution in [-0.4, -0.2) is 56.4 Å². The summed E-state index contributed by atoms with van der Waals surface area (Å²) in [6.45, 7) is 0.517. The van der Waals surface area contributed by atoms with Crippen molar-refractivity contribution in [2.45, 2.75) is 43.4 Å². The van der Waals surface area contributed by atoms with Crippen molar-refractivity contribution in [1.82, 2.24) is 4.31 Å². The van der Waals surface area contributed by atoms with Gasteiger partial charge >= 0.3 is 0 Å². The molecule has 2 rings (SSSR count). The molecule has 2 aliphatic heterocycles. The molecule has 1 unspecified atom stereocenters. The molecule has 2 saturated heterocycles. The van der Waals surface area contributed by atoms with E-state index in [1.807, 2.05) is 0 Å². The van der Waals surface area contributed by atoms with E-state index in [-0.39, 0.29) is 30.4 Å². The summed E-state index contributed by atoms with van der Waals surface area (Å²) in [6, 6.07) is -0.126. The Bertz CT molecular complexity index is 503. The fraction of sp³-hybridized carbons (Fsp3) is 1.00. The van der Waals surface area contributed by atoms with E-state index in [1.165, 1.54) is 4.31 Å². The monoisotopic (exact) mass is 329 g/mol. The van der Waals surface area contributed by atoms with Crippen molar-refractivity contribution >= 4 is 31.5 Å². The molecule has 0 aromatic rings. The van der Waals surface area contributed by atoms with Gasteiger partial charge in [-0.1, -0.05) is 6.42 Å². The van der Waals surface area contributed by atoms with E-state index >= 15 is 0 Å². The second kappa shape index (κ2) is 5.87. The summed E-state index contributed by atoms with van der Waals surface area (Å²) in [5, 5.41) is -0.556. The highest BCUT2D eigenvalue weighted by Crippen LogP contribution is 2.28. The van der Waals surface area contributed by atoms with Crippen LogP contribution in [0.2, 0.25) is 0 Å². The van der Waals surface area contributed by atoms with Crippen molar-refractivity contribution < 1.29 is 16.8 Å². The Kier molecular flexibility index (Phi) is 4.80. The van der Waals surface area contributed by atoms with E-state index in [2.05, 4.69) is 0 Å². The molecule has 19 heavy (non-hydrogen) atoms. The van der Waals surface area contributed by atoms with E-state index in [0.717, 1.165) is 19.3 Å². The van der Waals surface area contributed by atoms with Crippen LogP contribution in [0.4, 0.5) is 0 Å². The first-order valence-corrected chi connectivity index (χ1v) is 10.5. The van der Waals surface area contributed by atoms with Gasteiger partial charge in [0.25, 0.3) is 0 Å². The number of sulfone groups is 1. The Labute approximate surface area is 120 Å². The Hall–Kier alpha value is 0.150. The van der Waals surface area contributed by atoms with Gasteiger partial charge in [0.15, 0.2) is 0 Å². The maximum absolute atomic E-state index is 12.6. The molecule has 0 bridgehead atoms. The van der Waals surface area contributed by atoms with Gasteiger partial charge in [-0.2, -0.15) is 4.31 Å². The number of nitrogens with zero attached hydrogens (tertiary/aromatic N) is 1. The van der Waals surface area contributed by atoms with Crippen molar-refractivity contribution in [3.8, 4) is 0 Å². The molecular formula is C11H20ClNO4S2. The maximum Gasteiger partial charge on any atom is 0.217 e. The lowest BCUT2D eigenvalue weighted by Gasteiger charge is -2.37. The minimum atomic E-state index is -3.41. The summed E-state index contributed by atoms with van der Waals surface area (Å²) < 4.78 is 49.5. The Balaban J connectivity index is 2.13. The molecule has 112 valence electrons. The number of alkyl halides is 1. The zero-order chi connectivity index (χ0) is 14.1. The topological polar surface area (TPSA) is 71.5 Å². The first-order valence-electron chi connectivity index (χ1n) is 6.64. The van der Waals surface area contributed by atoms with Gasteiger partial charge in [-0.3, -0.25) is 0 Å². The summed E-state index contributed by atoms with van der Waals surface area (Å²) in [4.78, 5) is 0. The summed E-state index contributed by atoms with van der Waals surface area (Å²) >= 11 is 5.86. The van der Waals surface area contributed by atoms with Gasteiger partial charge in [-0.25, -0.2) is 16.8 Å². The largest absolute Gasteiger partial charge is 0.229 e. The molecule has 0 radical (unpaired) electrons. The van der Waals surface area contributed by atoms with Gasteiger partial charge in [0, 0.05) is 18.5 Å². The average Bonchev–Trinajstić information content (AvgIpc) is 2.38. The molecule has 0 aromatic carbocycles. The fourth-order valence-corrected chi connectivity index (χ4v) is 7.21. The standard InChI is InChI=1S/C11H20ClNO4S2/c12-9-10-3-1-2-6-13(10)19(16,17)11-4-7-18(14,15)8-5-11/h10-11H,1-9H2. The van der Waals surface area contributed by atoms with Gasteiger partial charge in [-0.15, -0.1) is 11.6 Å². The molecule has 5 nitrogen and oxygen atoms in total. The van der Waals surface area contributed by atoms with E-state index in [0.29, 0.717) is 12.4 Å². The molecule has 0 aliphatic carbocycles. The van der Waals surface area contributed by atoms with Crippen LogP contribution < -0.4 is 0 Å². The van der Waals surface area contributed by atoms with Crippen molar-refractivity contribution in [2.75, 3.05) is 23.9 Å². The Morgan fingerprint density at radius 3 is 2.32 bits per heavy atom. The lowest BCUT2D eigenvalue weighted by molar-refractivity contribution is 0.267. The normalized spacial score (nSPS) is 30.3. The predicted octanol–water partition coefficient (Wildman–Crippen LogP) is 0.987. The van der Waals surface area contributed by atoms with Crippen LogP contribution in [0.25, 0.3) is 0 Å². The highest BCUT2D eigenvalue weighted by molar-refractivity contribution is 7.92. The SMILES string of the molecule is O=S1(=O)CCC(S(=O)(=O)N2CCCCC2CCl)CC1. The Morgan fingerprint density at radius 2 is 1.74 bits per heavy atom. The molecule has 0 amide bonds. The highest BCUT2D eigenvalue weighted by Gasteiger charge is 2.40. The zero-order valence-electron chi connectivity index (χ0n) is 10.8. The van der Waals surface area contributed by atoms with Gasteiger partial charge in [0.05, 0.1) is 16.8 Å². The number of sulfonamides is 1. The van der Waals surface area contributed by atoms with E-state index in [1.54, 1.807) is 0 Å². The van der Waals surface area contributed by atoms with Crippen LogP contribution in [0.1, 0.15) is 32.1 Å². The number of piperidine rings is 1. The molecule has 2 fully saturated rings. The van der Waals surface area contributed by atoms with Crippen LogP contribution >= 0.6 is 11.6 Å². The molecule has 0 aromatic heterocycles. The third-order valence-corrected chi connectivity index (χ3v) is 8.52. The van der Waals surface area contributed by atoms with Crippen LogP contribution in [0.15, 0.2) is 0 Å². The molecule has 2 aliphatic rings. The van der Waals surface area contributed by atoms with Crippen LogP contribution in [-0.2, 0) is 19.9 Å². The lowest BCUT2D eigenvalue weighted by Crippen LogP contribution is -2.50. The predicted molar refractivity (Wildman–Crippen MR) is 75.7 cm³/mol. The third kappa shape index (κ3) is 3.43. The maximum atomic E-state index is 12.6. The zero-order valence-corrected chi connectivity index (χ0v) is 13.2. The molecule has 0 N–H and O–H groups in total. The Morgan fingerprint density at radius 1 is 1.11 bits per heavy atom. The van der Waals surface area contributed by atoms with E-state index < -0.39 is 25.1 Å². The molecule has 2 heterocycles. The smallest absolute Gasteiger partial charge is 0.217 e. The van der Waals surface area contributed by atoms with Gasteiger partial charge < -0.3 is 0 Å². The number of hydrogen-bond acceptors (Lipinski definition) is 4. The summed E-state index contributed by atoms with van der Waals surface area (Å²) in [6.07, 6.45) is 3.10. The van der Waals surface area contributed by atoms with Crippen molar-refractivity contribution in [3.05, 3.63) is 0 Å². The third-order valence-electron chi connectivity index (χ3n) is 4.00. The second-order valence-electron chi connectivity index (χ2n) is 5.31. The minimum absolute atomic E-state index is 0.0176. The molecule has 0 spiro atoms. The summed E-state index contributed by atoms with van der Waals surface area (Å²) in [5.41, 5.74) is 0. The van der Waals surface area contributed by atoms with Gasteiger partial charge in [0.2, 0.25) is 10.0 Å². The number of hydrogen-bond donors (Lipinski definition) is 0. The molecule has 0 saturated carbocycles. The van der Waals surface area contributed by atoms with E-state index in [9.17, 15) is 16.8 Å². The van der Waals surface area contributed by atoms with Gasteiger partial charge in [-0.05, 0) is 25.7 Å². The summed E-state index contributed by atoms with van der Waals surface area (Å²) in [7, 11) is -6.45. The van der Waals surface area contributed by atoms with Crippen molar-refractivity contribution in [2.24, 2.45) is 0 Å². The first kappa shape index (κ1) is 15.5. The second-order valence-corrected chi connectivity index (χ2v) is 10.1. The fourth-order valence-electron chi connectivity index (χ4n) is 2.82. The van der Waals surface area contributed by atoms with Crippen LogP contribution in [0.3, 0.4) is 0 Å². The molecular weight excluding hydrogens is 310 g/mol. The summed E-state index contributed by atoms with van der Waals surface area (Å²) in [5.74, 6) is 0.275. The average molecular weight is 330 g/mol. The van der Waals surface area contributed by atoms with Crippen molar-refractivity contribution in [1.29, 1.82) is 0 Å². The minimum Gasteiger partial charge on any atom is -0.229 e. The molecule has 1 atom stereocenters. The van der Waals surface area contributed by atoms with Crippen LogP contribution in [0.5, 0.6) is 0 Å². The van der Waals surface area contributed by atoms with E-state index in [4.69, 9.17) is 11.6 Å². The quantitative estimate of drug-likeness (QED) is 0.724. The van der Waals surface area contributed by atoms with Gasteiger partial charge in [0.1, 0.15) is 9.84 Å².